The van der Waals surface area contributed by atoms with Crippen molar-refractivity contribution in [3.05, 3.63) is 47.2 Å². The lowest BCUT2D eigenvalue weighted by Crippen LogP contribution is -2.40. The fourth-order valence-electron chi connectivity index (χ4n) is 1.44. The number of nitrogens with one attached hydrogen (secondary N) is 2. The summed E-state index contributed by atoms with van der Waals surface area (Å²) in [4.78, 5) is 22.3. The van der Waals surface area contributed by atoms with E-state index in [4.69, 9.17) is 16.0 Å². The molecule has 0 bridgehead atoms. The molecule has 0 atom stereocenters. The Bertz CT molecular complexity index is 605. The molecule has 0 aliphatic heterocycles. The van der Waals surface area contributed by atoms with E-state index >= 15 is 0 Å². The fraction of sp³-hybridized carbons (Fsp3) is 0.0769. The molecule has 5 nitrogen and oxygen atoms in total. The monoisotopic (exact) mass is 278 g/mol. The molecule has 0 fully saturated rings. The van der Waals surface area contributed by atoms with Crippen molar-refractivity contribution < 1.29 is 14.0 Å². The van der Waals surface area contributed by atoms with E-state index in [1.165, 1.54) is 13.0 Å². The third kappa shape index (κ3) is 3.35. The smallest absolute Gasteiger partial charge is 0.305 e. The van der Waals surface area contributed by atoms with Gasteiger partial charge in [0.1, 0.15) is 5.76 Å². The number of halogens is 1. The Labute approximate surface area is 114 Å². The predicted octanol–water partition coefficient (Wildman–Crippen LogP) is 2.38. The summed E-state index contributed by atoms with van der Waals surface area (Å²) in [6, 6.07) is 10.2. The van der Waals surface area contributed by atoms with E-state index in [0.717, 1.165) is 5.56 Å². The highest BCUT2D eigenvalue weighted by molar-refractivity contribution is 6.30. The van der Waals surface area contributed by atoms with E-state index in [-0.39, 0.29) is 11.7 Å². The summed E-state index contributed by atoms with van der Waals surface area (Å²) in [7, 11) is 0. The van der Waals surface area contributed by atoms with Crippen molar-refractivity contribution in [2.75, 3.05) is 0 Å². The lowest BCUT2D eigenvalue weighted by atomic mass is 10.2. The van der Waals surface area contributed by atoms with Crippen LogP contribution in [0.2, 0.25) is 5.02 Å². The van der Waals surface area contributed by atoms with Crippen molar-refractivity contribution >= 4 is 23.4 Å². The second-order valence-electron chi connectivity index (χ2n) is 3.81. The lowest BCUT2D eigenvalue weighted by molar-refractivity contribution is -0.119. The van der Waals surface area contributed by atoms with Crippen molar-refractivity contribution in [3.8, 4) is 11.3 Å². The molecule has 0 saturated heterocycles. The van der Waals surface area contributed by atoms with Gasteiger partial charge in [0.15, 0.2) is 5.76 Å². The van der Waals surface area contributed by atoms with Crippen LogP contribution in [0, 0.1) is 0 Å². The minimum Gasteiger partial charge on any atom is -0.451 e. The van der Waals surface area contributed by atoms with Gasteiger partial charge in [0.2, 0.25) is 5.91 Å². The Kier molecular flexibility index (Phi) is 3.87. The van der Waals surface area contributed by atoms with Crippen LogP contribution >= 0.6 is 11.6 Å². The fourth-order valence-corrected chi connectivity index (χ4v) is 1.56. The van der Waals surface area contributed by atoms with Gasteiger partial charge >= 0.3 is 5.91 Å². The van der Waals surface area contributed by atoms with E-state index in [2.05, 4.69) is 10.9 Å². The number of carbonyl (C=O) groups excluding carboxylic acids is 2. The molecule has 2 amide bonds. The molecule has 1 heterocycles. The number of benzene rings is 1. The summed E-state index contributed by atoms with van der Waals surface area (Å²) < 4.78 is 5.40. The van der Waals surface area contributed by atoms with E-state index in [9.17, 15) is 9.59 Å². The molecule has 1 aromatic heterocycles. The van der Waals surface area contributed by atoms with E-state index in [1.54, 1.807) is 30.3 Å². The molecule has 6 heteroatoms. The number of hydrogen-bond acceptors (Lipinski definition) is 3. The van der Waals surface area contributed by atoms with Gasteiger partial charge in [0, 0.05) is 17.5 Å². The maximum absolute atomic E-state index is 11.6. The molecule has 0 unspecified atom stereocenters. The van der Waals surface area contributed by atoms with Crippen LogP contribution < -0.4 is 10.9 Å². The molecule has 2 rings (SSSR count). The zero-order valence-electron chi connectivity index (χ0n) is 10.1. The maximum Gasteiger partial charge on any atom is 0.305 e. The zero-order valence-corrected chi connectivity index (χ0v) is 10.8. The van der Waals surface area contributed by atoms with Crippen molar-refractivity contribution in [3.63, 3.8) is 0 Å². The first-order valence-corrected chi connectivity index (χ1v) is 5.87. The van der Waals surface area contributed by atoms with Crippen LogP contribution in [0.5, 0.6) is 0 Å². The molecule has 0 radical (unpaired) electrons. The molecular weight excluding hydrogens is 268 g/mol. The van der Waals surface area contributed by atoms with Crippen LogP contribution in [0.15, 0.2) is 40.8 Å². The molecule has 19 heavy (non-hydrogen) atoms. The lowest BCUT2D eigenvalue weighted by Gasteiger charge is -2.02. The van der Waals surface area contributed by atoms with E-state index < -0.39 is 5.91 Å². The Balaban J connectivity index is 2.12. The van der Waals surface area contributed by atoms with Crippen molar-refractivity contribution in [2.45, 2.75) is 6.92 Å². The normalized spacial score (nSPS) is 10.0. The number of rotatable bonds is 2. The van der Waals surface area contributed by atoms with Crippen molar-refractivity contribution in [1.82, 2.24) is 10.9 Å². The molecule has 0 aliphatic carbocycles. The number of hydrazine groups is 1. The molecule has 0 saturated carbocycles. The largest absolute Gasteiger partial charge is 0.451 e. The van der Waals surface area contributed by atoms with E-state index in [1.807, 2.05) is 0 Å². The second kappa shape index (κ2) is 5.58. The number of hydrogen-bond donors (Lipinski definition) is 2. The molecule has 0 aliphatic rings. The first kappa shape index (κ1) is 13.2. The summed E-state index contributed by atoms with van der Waals surface area (Å²) in [6.45, 7) is 1.29. The number of furan rings is 1. The minimum atomic E-state index is -0.518. The van der Waals surface area contributed by atoms with Crippen molar-refractivity contribution in [2.24, 2.45) is 0 Å². The maximum atomic E-state index is 11.6. The predicted molar refractivity (Wildman–Crippen MR) is 70.4 cm³/mol. The second-order valence-corrected chi connectivity index (χ2v) is 4.24. The van der Waals surface area contributed by atoms with Crippen LogP contribution in [-0.2, 0) is 4.79 Å². The molecule has 2 N–H and O–H groups in total. The van der Waals surface area contributed by atoms with Gasteiger partial charge in [-0.2, -0.15) is 0 Å². The number of amides is 2. The Morgan fingerprint density at radius 3 is 2.37 bits per heavy atom. The SMILES string of the molecule is CC(=O)NNC(=O)c1ccc(-c2ccc(Cl)cc2)o1. The van der Waals surface area contributed by atoms with Gasteiger partial charge in [-0.1, -0.05) is 11.6 Å². The van der Waals surface area contributed by atoms with Crippen LogP contribution in [0.3, 0.4) is 0 Å². The van der Waals surface area contributed by atoms with Crippen LogP contribution in [-0.4, -0.2) is 11.8 Å². The molecule has 98 valence electrons. The third-order valence-electron chi connectivity index (χ3n) is 2.31. The Morgan fingerprint density at radius 1 is 1.05 bits per heavy atom. The van der Waals surface area contributed by atoms with Gasteiger partial charge in [-0.25, -0.2) is 0 Å². The molecule has 2 aromatic rings. The third-order valence-corrected chi connectivity index (χ3v) is 2.56. The van der Waals surface area contributed by atoms with Gasteiger partial charge in [0.05, 0.1) is 0 Å². The van der Waals surface area contributed by atoms with Gasteiger partial charge in [-0.05, 0) is 36.4 Å². The number of carbonyl (C=O) groups is 2. The summed E-state index contributed by atoms with van der Waals surface area (Å²) in [5, 5.41) is 0.624. The highest BCUT2D eigenvalue weighted by Crippen LogP contribution is 2.23. The topological polar surface area (TPSA) is 71.3 Å². The van der Waals surface area contributed by atoms with Crippen LogP contribution in [0.25, 0.3) is 11.3 Å². The molecule has 1 aromatic carbocycles. The first-order valence-electron chi connectivity index (χ1n) is 5.49. The minimum absolute atomic E-state index is 0.110. The summed E-state index contributed by atoms with van der Waals surface area (Å²) in [5.74, 6) is -0.225. The molecule has 0 spiro atoms. The summed E-state index contributed by atoms with van der Waals surface area (Å²) >= 11 is 5.79. The summed E-state index contributed by atoms with van der Waals surface area (Å²) in [5.41, 5.74) is 5.21. The standard InChI is InChI=1S/C13H11ClN2O3/c1-8(17)15-16-13(18)12-7-6-11(19-12)9-2-4-10(14)5-3-9/h2-7H,1H3,(H,15,17)(H,16,18). The highest BCUT2D eigenvalue weighted by Gasteiger charge is 2.12. The Morgan fingerprint density at radius 2 is 1.74 bits per heavy atom. The van der Waals surface area contributed by atoms with E-state index in [0.29, 0.717) is 10.8 Å². The van der Waals surface area contributed by atoms with Gasteiger partial charge in [-0.15, -0.1) is 0 Å². The van der Waals surface area contributed by atoms with Crippen LogP contribution in [0.1, 0.15) is 17.5 Å². The van der Waals surface area contributed by atoms with Gasteiger partial charge < -0.3 is 4.42 Å². The van der Waals surface area contributed by atoms with Gasteiger partial charge in [-0.3, -0.25) is 20.4 Å². The van der Waals surface area contributed by atoms with Crippen LogP contribution in [0.4, 0.5) is 0 Å². The molecular formula is C13H11ClN2O3. The highest BCUT2D eigenvalue weighted by atomic mass is 35.5. The first-order chi connectivity index (χ1) is 9.06. The zero-order chi connectivity index (χ0) is 13.8. The van der Waals surface area contributed by atoms with Crippen molar-refractivity contribution in [1.29, 1.82) is 0 Å². The van der Waals surface area contributed by atoms with Gasteiger partial charge in [0.25, 0.3) is 0 Å². The summed E-state index contributed by atoms with van der Waals surface area (Å²) in [6.07, 6.45) is 0. The Hall–Kier alpha value is -2.27. The average Bonchev–Trinajstić information content (AvgIpc) is 2.86. The quantitative estimate of drug-likeness (QED) is 0.829. The average molecular weight is 279 g/mol.